The molecule has 17 heavy (non-hydrogen) atoms. The lowest BCUT2D eigenvalue weighted by atomic mass is 10.1. The van der Waals surface area contributed by atoms with Crippen LogP contribution in [0.4, 0.5) is 0 Å². The van der Waals surface area contributed by atoms with E-state index in [-0.39, 0.29) is 18.0 Å². The van der Waals surface area contributed by atoms with Crippen LogP contribution in [0.1, 0.15) is 32.4 Å². The van der Waals surface area contributed by atoms with E-state index in [2.05, 4.69) is 10.6 Å². The van der Waals surface area contributed by atoms with Gasteiger partial charge in [0.15, 0.2) is 0 Å². The molecule has 94 valence electrons. The summed E-state index contributed by atoms with van der Waals surface area (Å²) in [7, 11) is 0. The Kier molecular flexibility index (Phi) is 5.45. The van der Waals surface area contributed by atoms with Crippen LogP contribution in [0.2, 0.25) is 5.02 Å². The number of halogens is 1. The van der Waals surface area contributed by atoms with Crippen LogP contribution in [0.25, 0.3) is 0 Å². The molecule has 1 aromatic rings. The molecule has 0 aliphatic heterocycles. The van der Waals surface area contributed by atoms with Crippen molar-refractivity contribution < 1.29 is 4.79 Å². The van der Waals surface area contributed by atoms with Gasteiger partial charge in [0.25, 0.3) is 0 Å². The highest BCUT2D eigenvalue weighted by Gasteiger charge is 2.08. The smallest absolute Gasteiger partial charge is 0.234 e. The summed E-state index contributed by atoms with van der Waals surface area (Å²) in [6.07, 6.45) is 0. The topological polar surface area (TPSA) is 41.1 Å². The van der Waals surface area contributed by atoms with Crippen LogP contribution >= 0.6 is 11.6 Å². The molecule has 0 aliphatic carbocycles. The van der Waals surface area contributed by atoms with Crippen LogP contribution in [-0.4, -0.2) is 18.5 Å². The summed E-state index contributed by atoms with van der Waals surface area (Å²) in [5.41, 5.74) is 1.12. The van der Waals surface area contributed by atoms with Crippen molar-refractivity contribution in [3.05, 3.63) is 34.9 Å². The Morgan fingerprint density at radius 3 is 2.35 bits per heavy atom. The van der Waals surface area contributed by atoms with Gasteiger partial charge in [-0.1, -0.05) is 23.7 Å². The minimum absolute atomic E-state index is 0.0146. The van der Waals surface area contributed by atoms with Crippen molar-refractivity contribution in [3.8, 4) is 0 Å². The first-order valence-electron chi connectivity index (χ1n) is 5.77. The van der Waals surface area contributed by atoms with Crippen molar-refractivity contribution in [1.82, 2.24) is 10.6 Å². The molecule has 3 nitrogen and oxygen atoms in total. The number of amides is 1. The van der Waals surface area contributed by atoms with Crippen LogP contribution in [0, 0.1) is 0 Å². The Morgan fingerprint density at radius 2 is 1.82 bits per heavy atom. The second-order valence-corrected chi connectivity index (χ2v) is 4.81. The van der Waals surface area contributed by atoms with Gasteiger partial charge in [-0.25, -0.2) is 0 Å². The van der Waals surface area contributed by atoms with E-state index in [1.54, 1.807) is 0 Å². The Hall–Kier alpha value is -1.06. The molecule has 0 bridgehead atoms. The number of hydrogen-bond acceptors (Lipinski definition) is 2. The van der Waals surface area contributed by atoms with Crippen molar-refractivity contribution in [2.24, 2.45) is 0 Å². The maximum atomic E-state index is 11.4. The summed E-state index contributed by atoms with van der Waals surface area (Å²) in [4.78, 5) is 11.4. The lowest BCUT2D eigenvalue weighted by Gasteiger charge is -2.15. The third kappa shape index (κ3) is 5.20. The van der Waals surface area contributed by atoms with Gasteiger partial charge in [-0.2, -0.15) is 0 Å². The van der Waals surface area contributed by atoms with Crippen LogP contribution < -0.4 is 10.6 Å². The van der Waals surface area contributed by atoms with Gasteiger partial charge in [0, 0.05) is 17.1 Å². The predicted octanol–water partition coefficient (Wildman–Crippen LogP) is 2.52. The van der Waals surface area contributed by atoms with Gasteiger partial charge in [0.1, 0.15) is 0 Å². The first-order valence-corrected chi connectivity index (χ1v) is 6.15. The van der Waals surface area contributed by atoms with Crippen molar-refractivity contribution in [1.29, 1.82) is 0 Å². The first kappa shape index (κ1) is 14.0. The number of benzene rings is 1. The zero-order chi connectivity index (χ0) is 12.8. The van der Waals surface area contributed by atoms with E-state index in [0.29, 0.717) is 6.54 Å². The number of nitrogens with one attached hydrogen (secondary N) is 2. The molecule has 0 fully saturated rings. The Labute approximate surface area is 108 Å². The van der Waals surface area contributed by atoms with Gasteiger partial charge in [0.05, 0.1) is 6.54 Å². The first-order chi connectivity index (χ1) is 7.99. The van der Waals surface area contributed by atoms with Gasteiger partial charge >= 0.3 is 0 Å². The van der Waals surface area contributed by atoms with E-state index in [0.717, 1.165) is 10.6 Å². The number of carbonyl (C=O) groups is 1. The van der Waals surface area contributed by atoms with E-state index in [9.17, 15) is 4.79 Å². The molecule has 2 N–H and O–H groups in total. The van der Waals surface area contributed by atoms with Crippen molar-refractivity contribution in [2.75, 3.05) is 6.54 Å². The summed E-state index contributed by atoms with van der Waals surface area (Å²) in [6.45, 7) is 6.23. The fraction of sp³-hybridized carbons (Fsp3) is 0.462. The fourth-order valence-corrected chi connectivity index (χ4v) is 1.61. The average Bonchev–Trinajstić information content (AvgIpc) is 2.26. The maximum Gasteiger partial charge on any atom is 0.234 e. The highest BCUT2D eigenvalue weighted by molar-refractivity contribution is 6.30. The predicted molar refractivity (Wildman–Crippen MR) is 71.1 cm³/mol. The van der Waals surface area contributed by atoms with Crippen molar-refractivity contribution >= 4 is 17.5 Å². The molecule has 0 saturated carbocycles. The van der Waals surface area contributed by atoms with Crippen molar-refractivity contribution in [2.45, 2.75) is 32.9 Å². The number of rotatable bonds is 5. The van der Waals surface area contributed by atoms with Gasteiger partial charge in [-0.15, -0.1) is 0 Å². The lowest BCUT2D eigenvalue weighted by Crippen LogP contribution is -2.38. The lowest BCUT2D eigenvalue weighted by molar-refractivity contribution is -0.120. The largest absolute Gasteiger partial charge is 0.353 e. The second-order valence-electron chi connectivity index (χ2n) is 4.38. The zero-order valence-electron chi connectivity index (χ0n) is 10.5. The molecule has 4 heteroatoms. The number of hydrogen-bond donors (Lipinski definition) is 2. The fourth-order valence-electron chi connectivity index (χ4n) is 1.49. The van der Waals surface area contributed by atoms with Crippen LogP contribution in [-0.2, 0) is 4.79 Å². The molecule has 1 atom stereocenters. The summed E-state index contributed by atoms with van der Waals surface area (Å²) in [5.74, 6) is 0.0146. The molecule has 1 unspecified atom stereocenters. The maximum absolute atomic E-state index is 11.4. The molecule has 0 spiro atoms. The Morgan fingerprint density at radius 1 is 1.24 bits per heavy atom. The molecular formula is C13H19ClN2O. The molecule has 0 heterocycles. The van der Waals surface area contributed by atoms with Gasteiger partial charge in [0.2, 0.25) is 5.91 Å². The third-order valence-electron chi connectivity index (χ3n) is 2.39. The Balaban J connectivity index is 2.42. The highest BCUT2D eigenvalue weighted by atomic mass is 35.5. The molecule has 0 aromatic heterocycles. The monoisotopic (exact) mass is 254 g/mol. The van der Waals surface area contributed by atoms with Crippen LogP contribution in [0.3, 0.4) is 0 Å². The van der Waals surface area contributed by atoms with Crippen LogP contribution in [0.15, 0.2) is 24.3 Å². The van der Waals surface area contributed by atoms with Gasteiger partial charge in [-0.05, 0) is 38.5 Å². The quantitative estimate of drug-likeness (QED) is 0.848. The molecule has 1 amide bonds. The SMILES string of the molecule is CC(C)NC(=O)CNC(C)c1ccc(Cl)cc1. The molecule has 0 aliphatic rings. The summed E-state index contributed by atoms with van der Waals surface area (Å²) >= 11 is 5.82. The molecular weight excluding hydrogens is 236 g/mol. The molecule has 1 aromatic carbocycles. The molecule has 1 rings (SSSR count). The summed E-state index contributed by atoms with van der Waals surface area (Å²) in [5, 5.41) is 6.73. The summed E-state index contributed by atoms with van der Waals surface area (Å²) in [6, 6.07) is 7.92. The standard InChI is InChI=1S/C13H19ClN2O/c1-9(2)16-13(17)8-15-10(3)11-4-6-12(14)7-5-11/h4-7,9-10,15H,8H2,1-3H3,(H,16,17). The van der Waals surface area contributed by atoms with E-state index < -0.39 is 0 Å². The van der Waals surface area contributed by atoms with Gasteiger partial charge < -0.3 is 10.6 Å². The zero-order valence-corrected chi connectivity index (χ0v) is 11.2. The highest BCUT2D eigenvalue weighted by Crippen LogP contribution is 2.15. The summed E-state index contributed by atoms with van der Waals surface area (Å²) < 4.78 is 0. The van der Waals surface area contributed by atoms with Gasteiger partial charge in [-0.3, -0.25) is 4.79 Å². The van der Waals surface area contributed by atoms with Crippen molar-refractivity contribution in [3.63, 3.8) is 0 Å². The third-order valence-corrected chi connectivity index (χ3v) is 2.64. The van der Waals surface area contributed by atoms with E-state index in [1.807, 2.05) is 45.0 Å². The molecule has 0 radical (unpaired) electrons. The van der Waals surface area contributed by atoms with E-state index >= 15 is 0 Å². The van der Waals surface area contributed by atoms with E-state index in [1.165, 1.54) is 0 Å². The minimum atomic E-state index is 0.0146. The Bertz CT molecular complexity index is 362. The average molecular weight is 255 g/mol. The second kappa shape index (κ2) is 6.62. The van der Waals surface area contributed by atoms with Crippen LogP contribution in [0.5, 0.6) is 0 Å². The number of carbonyl (C=O) groups excluding carboxylic acids is 1. The minimum Gasteiger partial charge on any atom is -0.353 e. The van der Waals surface area contributed by atoms with E-state index in [4.69, 9.17) is 11.6 Å². The normalized spacial score (nSPS) is 12.5. The molecule has 0 saturated heterocycles.